The average Bonchev–Trinajstić information content (AvgIpc) is 2.15. The predicted octanol–water partition coefficient (Wildman–Crippen LogP) is -0.558. The van der Waals surface area contributed by atoms with Crippen LogP contribution in [0.15, 0.2) is 24.3 Å². The van der Waals surface area contributed by atoms with Crippen LogP contribution in [0.25, 0.3) is 6.08 Å². The number of carbonyl (C=O) groups excluding carboxylic acids is 1. The molecule has 0 N–H and O–H groups in total. The third kappa shape index (κ3) is 6.27. The fourth-order valence-corrected chi connectivity index (χ4v) is 1.66. The van der Waals surface area contributed by atoms with Crippen LogP contribution in [0.2, 0.25) is 5.02 Å². The Morgan fingerprint density at radius 3 is 2.71 bits per heavy atom. The normalized spacial score (nSPS) is 12.2. The number of aryl methyl sites for hydroxylation is 1. The fraction of sp³-hybridized carbons (Fsp3) is 0.308. The molecule has 0 fully saturated rings. The Morgan fingerprint density at radius 1 is 1.53 bits per heavy atom. The summed E-state index contributed by atoms with van der Waals surface area (Å²) in [7, 11) is 0. The molecule has 0 aliphatic rings. The third-order valence-electron chi connectivity index (χ3n) is 2.25. The number of hydrogen-bond donors (Lipinski definition) is 0. The van der Waals surface area contributed by atoms with Gasteiger partial charge in [-0.15, -0.1) is 0 Å². The number of rotatable bonds is 4. The van der Waals surface area contributed by atoms with E-state index in [0.717, 1.165) is 11.1 Å². The first-order valence-corrected chi connectivity index (χ1v) is 5.51. The topological polar surface area (TPSA) is 40.1 Å². The minimum absolute atomic E-state index is 0. The van der Waals surface area contributed by atoms with Gasteiger partial charge in [0, 0.05) is 11.0 Å². The number of benzene rings is 1. The molecule has 0 saturated carbocycles. The summed E-state index contributed by atoms with van der Waals surface area (Å²) in [6, 6.07) is 5.76. The molecule has 0 amide bonds. The smallest absolute Gasteiger partial charge is 0.550 e. The van der Waals surface area contributed by atoms with Crippen LogP contribution in [0.4, 0.5) is 0 Å². The van der Waals surface area contributed by atoms with Gasteiger partial charge in [0.25, 0.3) is 0 Å². The Kier molecular flexibility index (Phi) is 7.80. The Labute approximate surface area is 129 Å². The molecule has 0 radical (unpaired) electrons. The van der Waals surface area contributed by atoms with Gasteiger partial charge in [0.05, 0.1) is 0 Å². The van der Waals surface area contributed by atoms with Gasteiger partial charge in [0.2, 0.25) is 0 Å². The maximum Gasteiger partial charge on any atom is 1.00 e. The first-order valence-electron chi connectivity index (χ1n) is 5.13. The molecule has 0 heterocycles. The van der Waals surface area contributed by atoms with Gasteiger partial charge in [0.1, 0.15) is 0 Å². The van der Waals surface area contributed by atoms with E-state index in [-0.39, 0.29) is 41.9 Å². The molecule has 1 rings (SSSR count). The Morgan fingerprint density at radius 2 is 2.18 bits per heavy atom. The molecule has 1 aromatic carbocycles. The molecule has 0 aliphatic heterocycles. The van der Waals surface area contributed by atoms with E-state index in [4.69, 9.17) is 11.6 Å². The molecule has 1 atom stereocenters. The summed E-state index contributed by atoms with van der Waals surface area (Å²) < 4.78 is 0. The van der Waals surface area contributed by atoms with Crippen LogP contribution in [-0.2, 0) is 4.79 Å². The first kappa shape index (κ1) is 16.7. The van der Waals surface area contributed by atoms with Gasteiger partial charge in [-0.2, -0.15) is 0 Å². The van der Waals surface area contributed by atoms with Gasteiger partial charge in [-0.05, 0) is 36.5 Å². The van der Waals surface area contributed by atoms with Gasteiger partial charge in [0.15, 0.2) is 0 Å². The molecule has 1 unspecified atom stereocenters. The van der Waals surface area contributed by atoms with E-state index in [9.17, 15) is 9.90 Å². The molecular weight excluding hydrogens is 247 g/mol. The molecule has 86 valence electrons. The standard InChI is InChI=1S/C13H15ClO2.Na/c1-9-3-5-11(12(14)7-9)6-4-10(2)8-13(15)16;/h3-7,10H,8H2,1-2H3,(H,15,16);/q;+1/p-1/b6-4+;. The van der Waals surface area contributed by atoms with Crippen LogP contribution in [0.5, 0.6) is 0 Å². The van der Waals surface area contributed by atoms with Crippen molar-refractivity contribution >= 4 is 23.6 Å². The van der Waals surface area contributed by atoms with Gasteiger partial charge in [-0.3, -0.25) is 0 Å². The number of halogens is 1. The van der Waals surface area contributed by atoms with Crippen molar-refractivity contribution in [2.45, 2.75) is 20.3 Å². The van der Waals surface area contributed by atoms with Crippen molar-refractivity contribution in [1.29, 1.82) is 0 Å². The van der Waals surface area contributed by atoms with Crippen LogP contribution in [0, 0.1) is 12.8 Å². The number of carbonyl (C=O) groups is 1. The zero-order chi connectivity index (χ0) is 12.1. The monoisotopic (exact) mass is 260 g/mol. The summed E-state index contributed by atoms with van der Waals surface area (Å²) in [6.45, 7) is 3.80. The maximum atomic E-state index is 10.4. The van der Waals surface area contributed by atoms with Crippen molar-refractivity contribution in [2.24, 2.45) is 5.92 Å². The third-order valence-corrected chi connectivity index (χ3v) is 2.58. The molecule has 17 heavy (non-hydrogen) atoms. The molecule has 0 saturated heterocycles. The van der Waals surface area contributed by atoms with Crippen molar-refractivity contribution < 1.29 is 39.5 Å². The quantitative estimate of drug-likeness (QED) is 0.681. The van der Waals surface area contributed by atoms with Gasteiger partial charge >= 0.3 is 29.6 Å². The van der Waals surface area contributed by atoms with Crippen molar-refractivity contribution in [3.8, 4) is 0 Å². The summed E-state index contributed by atoms with van der Waals surface area (Å²) in [5, 5.41) is 11.0. The van der Waals surface area contributed by atoms with Crippen molar-refractivity contribution in [3.63, 3.8) is 0 Å². The number of allylic oxidation sites excluding steroid dienone is 1. The van der Waals surface area contributed by atoms with Crippen molar-refractivity contribution in [1.82, 2.24) is 0 Å². The van der Waals surface area contributed by atoms with Crippen LogP contribution >= 0.6 is 11.6 Å². The van der Waals surface area contributed by atoms with Crippen molar-refractivity contribution in [3.05, 3.63) is 40.4 Å². The predicted molar refractivity (Wildman–Crippen MR) is 64.0 cm³/mol. The first-order chi connectivity index (χ1) is 7.49. The summed E-state index contributed by atoms with van der Waals surface area (Å²) in [6.07, 6.45) is 3.70. The number of hydrogen-bond acceptors (Lipinski definition) is 2. The summed E-state index contributed by atoms with van der Waals surface area (Å²) in [5.41, 5.74) is 2.00. The zero-order valence-electron chi connectivity index (χ0n) is 10.4. The van der Waals surface area contributed by atoms with Crippen LogP contribution in [0.1, 0.15) is 24.5 Å². The summed E-state index contributed by atoms with van der Waals surface area (Å²) in [5.74, 6) is -1.09. The van der Waals surface area contributed by atoms with Gasteiger partial charge < -0.3 is 9.90 Å². The van der Waals surface area contributed by atoms with Crippen LogP contribution in [0.3, 0.4) is 0 Å². The Balaban J connectivity index is 0.00000256. The fourth-order valence-electron chi connectivity index (χ4n) is 1.37. The molecule has 0 spiro atoms. The zero-order valence-corrected chi connectivity index (χ0v) is 13.1. The van der Waals surface area contributed by atoms with E-state index in [1.165, 1.54) is 0 Å². The van der Waals surface area contributed by atoms with Crippen LogP contribution in [-0.4, -0.2) is 5.97 Å². The van der Waals surface area contributed by atoms with Gasteiger partial charge in [-0.1, -0.05) is 42.8 Å². The maximum absolute atomic E-state index is 10.4. The molecule has 2 nitrogen and oxygen atoms in total. The largest absolute Gasteiger partial charge is 1.00 e. The van der Waals surface area contributed by atoms with E-state index in [1.807, 2.05) is 44.2 Å². The minimum Gasteiger partial charge on any atom is -0.550 e. The second kappa shape index (κ2) is 7.93. The van der Waals surface area contributed by atoms with E-state index in [2.05, 4.69) is 0 Å². The van der Waals surface area contributed by atoms with E-state index in [0.29, 0.717) is 5.02 Å². The molecule has 0 bridgehead atoms. The number of aliphatic carboxylic acids is 1. The Hall–Kier alpha value is -0.280. The summed E-state index contributed by atoms with van der Waals surface area (Å²) in [4.78, 5) is 10.4. The van der Waals surface area contributed by atoms with E-state index in [1.54, 1.807) is 0 Å². The van der Waals surface area contributed by atoms with Crippen molar-refractivity contribution in [2.75, 3.05) is 0 Å². The molecule has 4 heteroatoms. The molecule has 1 aromatic rings. The molecule has 0 aliphatic carbocycles. The van der Waals surface area contributed by atoms with Crippen LogP contribution < -0.4 is 34.7 Å². The SMILES string of the molecule is Cc1ccc(/C=C/C(C)CC(=O)[O-])c(Cl)c1.[Na+]. The molecular formula is C13H14ClNaO2. The molecule has 0 aromatic heterocycles. The van der Waals surface area contributed by atoms with Gasteiger partial charge in [-0.25, -0.2) is 0 Å². The van der Waals surface area contributed by atoms with E-state index >= 15 is 0 Å². The average molecular weight is 261 g/mol. The summed E-state index contributed by atoms with van der Waals surface area (Å²) >= 11 is 6.04. The second-order valence-corrected chi connectivity index (χ2v) is 4.34. The van der Waals surface area contributed by atoms with E-state index < -0.39 is 5.97 Å². The number of carboxylic acid groups (broad SMARTS) is 1. The minimum atomic E-state index is -1.04. The second-order valence-electron chi connectivity index (χ2n) is 3.94. The number of carboxylic acids is 1. The Bertz CT molecular complexity index is 416.